The molecular weight excluding hydrogens is 214 g/mol. The van der Waals surface area contributed by atoms with Crippen molar-refractivity contribution in [1.82, 2.24) is 19.8 Å². The number of hydrogen-bond acceptors (Lipinski definition) is 4. The number of nitrogens with zero attached hydrogens (tertiary/aromatic N) is 4. The fraction of sp³-hybridized carbons (Fsp3) is 0.583. The second-order valence-electron chi connectivity index (χ2n) is 4.86. The molecule has 1 unspecified atom stereocenters. The van der Waals surface area contributed by atoms with Crippen molar-refractivity contribution in [3.63, 3.8) is 0 Å². The lowest BCUT2D eigenvalue weighted by Gasteiger charge is -2.32. The van der Waals surface area contributed by atoms with E-state index in [9.17, 15) is 0 Å². The van der Waals surface area contributed by atoms with Gasteiger partial charge in [0.2, 0.25) is 0 Å². The molecule has 1 aliphatic rings. The lowest BCUT2D eigenvalue weighted by Crippen LogP contribution is -2.31. The number of anilines is 1. The van der Waals surface area contributed by atoms with Crippen molar-refractivity contribution < 1.29 is 0 Å². The first-order valence-corrected chi connectivity index (χ1v) is 6.19. The number of fused-ring (bicyclic) bond motifs is 1. The largest absolute Gasteiger partial charge is 0.366 e. The van der Waals surface area contributed by atoms with Crippen LogP contribution in [0.3, 0.4) is 0 Å². The maximum atomic E-state index is 4.50. The van der Waals surface area contributed by atoms with Crippen molar-refractivity contribution in [2.75, 3.05) is 5.32 Å². The van der Waals surface area contributed by atoms with Crippen LogP contribution in [-0.2, 0) is 0 Å². The summed E-state index contributed by atoms with van der Waals surface area (Å²) in [5.74, 6) is 2.52. The van der Waals surface area contributed by atoms with Gasteiger partial charge in [0, 0.05) is 6.04 Å². The fourth-order valence-electron chi connectivity index (χ4n) is 2.26. The number of rotatable bonds is 3. The minimum absolute atomic E-state index is 0.491. The van der Waals surface area contributed by atoms with Gasteiger partial charge in [-0.2, -0.15) is 4.52 Å². The van der Waals surface area contributed by atoms with Gasteiger partial charge in [0.15, 0.2) is 11.5 Å². The van der Waals surface area contributed by atoms with Crippen LogP contribution in [0.25, 0.3) is 5.65 Å². The summed E-state index contributed by atoms with van der Waals surface area (Å²) in [6, 6.07) is 4.41. The number of nitrogens with one attached hydrogen (secondary N) is 1. The predicted octanol–water partition coefficient (Wildman–Crippen LogP) is 2.03. The topological polar surface area (TPSA) is 55.1 Å². The summed E-state index contributed by atoms with van der Waals surface area (Å²) in [5, 5.41) is 16.0. The van der Waals surface area contributed by atoms with Gasteiger partial charge in [-0.1, -0.05) is 6.42 Å². The maximum absolute atomic E-state index is 4.50. The lowest BCUT2D eigenvalue weighted by atomic mass is 9.80. The van der Waals surface area contributed by atoms with Crippen molar-refractivity contribution in [3.8, 4) is 0 Å². The van der Waals surface area contributed by atoms with Gasteiger partial charge < -0.3 is 5.32 Å². The molecule has 0 amide bonds. The van der Waals surface area contributed by atoms with E-state index in [0.29, 0.717) is 6.04 Å². The maximum Gasteiger partial charge on any atom is 0.178 e. The molecule has 3 rings (SSSR count). The van der Waals surface area contributed by atoms with Gasteiger partial charge in [-0.3, -0.25) is 0 Å². The van der Waals surface area contributed by atoms with Crippen LogP contribution in [0, 0.1) is 12.8 Å². The van der Waals surface area contributed by atoms with Crippen LogP contribution in [0.2, 0.25) is 0 Å². The molecule has 2 heterocycles. The number of aryl methyl sites for hydroxylation is 1. The van der Waals surface area contributed by atoms with Gasteiger partial charge in [0.05, 0.1) is 0 Å². The summed E-state index contributed by atoms with van der Waals surface area (Å²) in [7, 11) is 0. The minimum Gasteiger partial charge on any atom is -0.366 e. The zero-order valence-corrected chi connectivity index (χ0v) is 10.2. The number of aromatic nitrogens is 4. The van der Waals surface area contributed by atoms with E-state index < -0.39 is 0 Å². The summed E-state index contributed by atoms with van der Waals surface area (Å²) >= 11 is 0. The van der Waals surface area contributed by atoms with E-state index in [1.54, 1.807) is 4.52 Å². The Morgan fingerprint density at radius 3 is 2.88 bits per heavy atom. The highest BCUT2D eigenvalue weighted by Crippen LogP contribution is 2.30. The molecule has 2 aromatic heterocycles. The van der Waals surface area contributed by atoms with Gasteiger partial charge in [-0.25, -0.2) is 0 Å². The normalized spacial score (nSPS) is 18.0. The molecule has 90 valence electrons. The van der Waals surface area contributed by atoms with E-state index in [2.05, 4.69) is 27.5 Å². The summed E-state index contributed by atoms with van der Waals surface area (Å²) < 4.78 is 1.77. The second kappa shape index (κ2) is 3.98. The molecule has 0 radical (unpaired) electrons. The van der Waals surface area contributed by atoms with Crippen LogP contribution < -0.4 is 5.32 Å². The van der Waals surface area contributed by atoms with E-state index in [-0.39, 0.29) is 0 Å². The Labute approximate surface area is 100 Å². The van der Waals surface area contributed by atoms with E-state index in [4.69, 9.17) is 0 Å². The van der Waals surface area contributed by atoms with Crippen molar-refractivity contribution in [2.24, 2.45) is 5.92 Å². The Hall–Kier alpha value is -1.65. The molecule has 1 atom stereocenters. The Morgan fingerprint density at radius 1 is 1.35 bits per heavy atom. The standard InChI is InChI=1S/C12H17N5/c1-8(10-4-3-5-10)13-11-6-7-12-15-14-9(2)17(12)16-11/h6-8,10H,3-5H2,1-2H3,(H,13,16). The van der Waals surface area contributed by atoms with Crippen LogP contribution in [0.15, 0.2) is 12.1 Å². The third-order valence-corrected chi connectivity index (χ3v) is 3.65. The summed E-state index contributed by atoms with van der Waals surface area (Å²) in [6.07, 6.45) is 4.04. The number of hydrogen-bond donors (Lipinski definition) is 1. The Kier molecular flexibility index (Phi) is 2.46. The van der Waals surface area contributed by atoms with Crippen LogP contribution in [-0.4, -0.2) is 25.9 Å². The van der Waals surface area contributed by atoms with E-state index >= 15 is 0 Å². The van der Waals surface area contributed by atoms with Crippen LogP contribution in [0.5, 0.6) is 0 Å². The SMILES string of the molecule is Cc1nnc2ccc(NC(C)C3CCC3)nn12. The first-order chi connectivity index (χ1) is 8.24. The molecule has 1 N–H and O–H groups in total. The zero-order valence-electron chi connectivity index (χ0n) is 10.2. The van der Waals surface area contributed by atoms with E-state index in [1.165, 1.54) is 19.3 Å². The first kappa shape index (κ1) is 10.5. The highest BCUT2D eigenvalue weighted by atomic mass is 15.4. The molecule has 0 saturated heterocycles. The first-order valence-electron chi connectivity index (χ1n) is 6.19. The summed E-state index contributed by atoms with van der Waals surface area (Å²) in [4.78, 5) is 0. The molecule has 17 heavy (non-hydrogen) atoms. The highest BCUT2D eigenvalue weighted by molar-refractivity contribution is 5.44. The van der Waals surface area contributed by atoms with Crippen LogP contribution in [0.4, 0.5) is 5.82 Å². The van der Waals surface area contributed by atoms with E-state index in [1.807, 2.05) is 19.1 Å². The van der Waals surface area contributed by atoms with Gasteiger partial charge in [-0.05, 0) is 44.7 Å². The molecule has 0 bridgehead atoms. The van der Waals surface area contributed by atoms with Gasteiger partial charge in [0.1, 0.15) is 5.82 Å². The monoisotopic (exact) mass is 231 g/mol. The molecule has 5 nitrogen and oxygen atoms in total. The van der Waals surface area contributed by atoms with Gasteiger partial charge in [0.25, 0.3) is 0 Å². The zero-order chi connectivity index (χ0) is 11.8. The predicted molar refractivity (Wildman–Crippen MR) is 65.9 cm³/mol. The summed E-state index contributed by atoms with van der Waals surface area (Å²) in [5.41, 5.74) is 0.796. The summed E-state index contributed by atoms with van der Waals surface area (Å²) in [6.45, 7) is 4.14. The molecular formula is C12H17N5. The Morgan fingerprint density at radius 2 is 2.18 bits per heavy atom. The smallest absolute Gasteiger partial charge is 0.178 e. The molecule has 1 fully saturated rings. The van der Waals surface area contributed by atoms with Crippen molar-refractivity contribution in [1.29, 1.82) is 0 Å². The molecule has 5 heteroatoms. The average molecular weight is 231 g/mol. The molecule has 0 aliphatic heterocycles. The Balaban J connectivity index is 1.82. The molecule has 0 spiro atoms. The molecule has 2 aromatic rings. The Bertz CT molecular complexity index is 529. The van der Waals surface area contributed by atoms with Crippen molar-refractivity contribution >= 4 is 11.5 Å². The van der Waals surface area contributed by atoms with E-state index in [0.717, 1.165) is 23.2 Å². The minimum atomic E-state index is 0.491. The van der Waals surface area contributed by atoms with Crippen LogP contribution >= 0.6 is 0 Å². The van der Waals surface area contributed by atoms with Gasteiger partial charge >= 0.3 is 0 Å². The molecule has 1 aliphatic carbocycles. The third-order valence-electron chi connectivity index (χ3n) is 3.65. The lowest BCUT2D eigenvalue weighted by molar-refractivity contribution is 0.284. The fourth-order valence-corrected chi connectivity index (χ4v) is 2.26. The quantitative estimate of drug-likeness (QED) is 0.878. The second-order valence-corrected chi connectivity index (χ2v) is 4.86. The van der Waals surface area contributed by atoms with Gasteiger partial charge in [-0.15, -0.1) is 15.3 Å². The van der Waals surface area contributed by atoms with Crippen LogP contribution in [0.1, 0.15) is 32.0 Å². The highest BCUT2D eigenvalue weighted by Gasteiger charge is 2.23. The van der Waals surface area contributed by atoms with Crippen molar-refractivity contribution in [2.45, 2.75) is 39.2 Å². The molecule has 0 aromatic carbocycles. The van der Waals surface area contributed by atoms with Crippen molar-refractivity contribution in [3.05, 3.63) is 18.0 Å². The third kappa shape index (κ3) is 1.85. The molecule has 1 saturated carbocycles. The average Bonchev–Trinajstić information content (AvgIpc) is 2.58.